The number of fused-ring (bicyclic) bond motifs is 5. The van der Waals surface area contributed by atoms with Crippen molar-refractivity contribution in [2.45, 2.75) is 6.42 Å². The standard InChI is InChI=1S/C15H10ClN/c16-10-5-6-14-12(8-10)13-7-9-3-1-2-4-11(9)15(13)17-14/h1-6,8,17H,7H2. The van der Waals surface area contributed by atoms with Crippen LogP contribution in [-0.4, -0.2) is 4.98 Å². The van der Waals surface area contributed by atoms with E-state index in [0.29, 0.717) is 0 Å². The summed E-state index contributed by atoms with van der Waals surface area (Å²) in [7, 11) is 0. The molecule has 1 N–H and O–H groups in total. The van der Waals surface area contributed by atoms with Crippen molar-refractivity contribution >= 4 is 22.5 Å². The molecule has 3 aromatic rings. The van der Waals surface area contributed by atoms with Gasteiger partial charge in [-0.1, -0.05) is 35.9 Å². The van der Waals surface area contributed by atoms with Gasteiger partial charge in [-0.3, -0.25) is 0 Å². The number of aromatic amines is 1. The van der Waals surface area contributed by atoms with Crippen LogP contribution in [0, 0.1) is 0 Å². The molecule has 0 bridgehead atoms. The smallest absolute Gasteiger partial charge is 0.0503 e. The highest BCUT2D eigenvalue weighted by Gasteiger charge is 2.22. The Morgan fingerprint density at radius 3 is 2.88 bits per heavy atom. The highest BCUT2D eigenvalue weighted by atomic mass is 35.5. The lowest BCUT2D eigenvalue weighted by atomic mass is 10.1. The van der Waals surface area contributed by atoms with Crippen LogP contribution in [0.1, 0.15) is 11.1 Å². The van der Waals surface area contributed by atoms with Crippen LogP contribution in [0.5, 0.6) is 0 Å². The second kappa shape index (κ2) is 3.14. The van der Waals surface area contributed by atoms with E-state index in [1.807, 2.05) is 6.07 Å². The van der Waals surface area contributed by atoms with E-state index < -0.39 is 0 Å². The molecule has 0 saturated heterocycles. The molecular weight excluding hydrogens is 230 g/mol. The topological polar surface area (TPSA) is 15.8 Å². The van der Waals surface area contributed by atoms with Gasteiger partial charge in [0, 0.05) is 27.9 Å². The fraction of sp³-hybridized carbons (Fsp3) is 0.0667. The van der Waals surface area contributed by atoms with Crippen molar-refractivity contribution in [3.63, 3.8) is 0 Å². The maximum atomic E-state index is 6.07. The summed E-state index contributed by atoms with van der Waals surface area (Å²) in [5, 5.41) is 2.05. The number of nitrogens with one attached hydrogen (secondary N) is 1. The zero-order chi connectivity index (χ0) is 11.4. The van der Waals surface area contributed by atoms with Gasteiger partial charge in [-0.05, 0) is 29.3 Å². The van der Waals surface area contributed by atoms with E-state index in [9.17, 15) is 0 Å². The average Bonchev–Trinajstić information content (AvgIpc) is 2.85. The van der Waals surface area contributed by atoms with Gasteiger partial charge in [-0.25, -0.2) is 0 Å². The van der Waals surface area contributed by atoms with Gasteiger partial charge in [0.05, 0.1) is 5.69 Å². The molecule has 4 rings (SSSR count). The quantitative estimate of drug-likeness (QED) is 0.468. The fourth-order valence-electron chi connectivity index (χ4n) is 2.74. The largest absolute Gasteiger partial charge is 0.354 e. The Balaban J connectivity index is 2.09. The van der Waals surface area contributed by atoms with E-state index in [2.05, 4.69) is 41.4 Å². The van der Waals surface area contributed by atoms with Crippen LogP contribution in [-0.2, 0) is 6.42 Å². The van der Waals surface area contributed by atoms with Crippen molar-refractivity contribution in [2.24, 2.45) is 0 Å². The van der Waals surface area contributed by atoms with Gasteiger partial charge in [-0.2, -0.15) is 0 Å². The number of aromatic nitrogens is 1. The lowest BCUT2D eigenvalue weighted by Gasteiger charge is -1.98. The van der Waals surface area contributed by atoms with Crippen LogP contribution in [0.15, 0.2) is 42.5 Å². The molecule has 1 aromatic heterocycles. The third kappa shape index (κ3) is 1.20. The highest BCUT2D eigenvalue weighted by Crippen LogP contribution is 2.40. The molecule has 17 heavy (non-hydrogen) atoms. The summed E-state index contributed by atoms with van der Waals surface area (Å²) in [6, 6.07) is 14.6. The van der Waals surface area contributed by atoms with Gasteiger partial charge < -0.3 is 4.98 Å². The molecule has 0 fully saturated rings. The molecule has 0 saturated carbocycles. The number of halogens is 1. The van der Waals surface area contributed by atoms with E-state index in [1.54, 1.807) is 0 Å². The minimum Gasteiger partial charge on any atom is -0.354 e. The zero-order valence-corrected chi connectivity index (χ0v) is 9.88. The Morgan fingerprint density at radius 2 is 1.94 bits per heavy atom. The summed E-state index contributed by atoms with van der Waals surface area (Å²) in [6.45, 7) is 0. The van der Waals surface area contributed by atoms with Crippen molar-refractivity contribution in [1.29, 1.82) is 0 Å². The minimum atomic E-state index is 0.801. The second-order valence-electron chi connectivity index (χ2n) is 4.50. The van der Waals surface area contributed by atoms with Gasteiger partial charge in [0.2, 0.25) is 0 Å². The molecule has 82 valence electrons. The Bertz CT molecular complexity index is 740. The van der Waals surface area contributed by atoms with E-state index in [0.717, 1.165) is 11.4 Å². The van der Waals surface area contributed by atoms with E-state index >= 15 is 0 Å². The first kappa shape index (κ1) is 9.32. The number of hydrogen-bond acceptors (Lipinski definition) is 0. The number of hydrogen-bond donors (Lipinski definition) is 1. The van der Waals surface area contributed by atoms with E-state index in [-0.39, 0.29) is 0 Å². The molecular formula is C15H10ClN. The van der Waals surface area contributed by atoms with Crippen LogP contribution < -0.4 is 0 Å². The molecule has 0 spiro atoms. The molecule has 0 unspecified atom stereocenters. The molecule has 1 nitrogen and oxygen atoms in total. The predicted molar refractivity (Wildman–Crippen MR) is 71.6 cm³/mol. The molecule has 0 amide bonds. The monoisotopic (exact) mass is 239 g/mol. The summed E-state index contributed by atoms with van der Waals surface area (Å²) >= 11 is 6.07. The first-order chi connectivity index (χ1) is 8.33. The van der Waals surface area contributed by atoms with Crippen LogP contribution in [0.25, 0.3) is 22.2 Å². The molecule has 1 aliphatic carbocycles. The van der Waals surface area contributed by atoms with Crippen molar-refractivity contribution in [3.8, 4) is 11.3 Å². The summed E-state index contributed by atoms with van der Waals surface area (Å²) in [4.78, 5) is 3.50. The summed E-state index contributed by atoms with van der Waals surface area (Å²) in [6.07, 6.45) is 1.01. The van der Waals surface area contributed by atoms with Crippen LogP contribution in [0.3, 0.4) is 0 Å². The molecule has 2 heteroatoms. The Kier molecular flexibility index (Phi) is 1.72. The Labute approximate surface area is 104 Å². The van der Waals surface area contributed by atoms with Crippen LogP contribution in [0.2, 0.25) is 5.02 Å². The molecule has 1 heterocycles. The highest BCUT2D eigenvalue weighted by molar-refractivity contribution is 6.31. The van der Waals surface area contributed by atoms with Gasteiger partial charge >= 0.3 is 0 Å². The van der Waals surface area contributed by atoms with Gasteiger partial charge in [0.1, 0.15) is 0 Å². The van der Waals surface area contributed by atoms with E-state index in [1.165, 1.54) is 33.3 Å². The normalized spacial score (nSPS) is 12.8. The first-order valence-electron chi connectivity index (χ1n) is 5.71. The third-order valence-electron chi connectivity index (χ3n) is 3.52. The van der Waals surface area contributed by atoms with Crippen LogP contribution in [0.4, 0.5) is 0 Å². The molecule has 0 aliphatic heterocycles. The van der Waals surface area contributed by atoms with E-state index in [4.69, 9.17) is 11.6 Å². The Hall–Kier alpha value is -1.73. The molecule has 1 aliphatic rings. The number of rotatable bonds is 0. The maximum absolute atomic E-state index is 6.07. The molecule has 2 aromatic carbocycles. The lowest BCUT2D eigenvalue weighted by molar-refractivity contribution is 1.29. The lowest BCUT2D eigenvalue weighted by Crippen LogP contribution is -1.81. The number of benzene rings is 2. The molecule has 0 radical (unpaired) electrons. The number of H-pyrrole nitrogens is 1. The van der Waals surface area contributed by atoms with Crippen LogP contribution >= 0.6 is 11.6 Å². The minimum absolute atomic E-state index is 0.801. The molecule has 0 atom stereocenters. The van der Waals surface area contributed by atoms with Crippen molar-refractivity contribution in [2.75, 3.05) is 0 Å². The Morgan fingerprint density at radius 1 is 1.06 bits per heavy atom. The first-order valence-corrected chi connectivity index (χ1v) is 6.09. The summed E-state index contributed by atoms with van der Waals surface area (Å²) < 4.78 is 0. The second-order valence-corrected chi connectivity index (χ2v) is 4.94. The maximum Gasteiger partial charge on any atom is 0.0503 e. The van der Waals surface area contributed by atoms with Crippen molar-refractivity contribution < 1.29 is 0 Å². The summed E-state index contributed by atoms with van der Waals surface area (Å²) in [5.74, 6) is 0. The SMILES string of the molecule is Clc1ccc2[nH]c3c(c2c1)Cc1ccccc1-3. The third-order valence-corrected chi connectivity index (χ3v) is 3.76. The fourth-order valence-corrected chi connectivity index (χ4v) is 2.91. The van der Waals surface area contributed by atoms with Gasteiger partial charge in [0.25, 0.3) is 0 Å². The van der Waals surface area contributed by atoms with Crippen molar-refractivity contribution in [1.82, 2.24) is 4.98 Å². The predicted octanol–water partition coefficient (Wildman–Crippen LogP) is 4.39. The summed E-state index contributed by atoms with van der Waals surface area (Å²) in [5.41, 5.74) is 6.54. The van der Waals surface area contributed by atoms with Gasteiger partial charge in [0.15, 0.2) is 0 Å². The average molecular weight is 240 g/mol. The zero-order valence-electron chi connectivity index (χ0n) is 9.13. The van der Waals surface area contributed by atoms with Crippen molar-refractivity contribution in [3.05, 3.63) is 58.6 Å². The van der Waals surface area contributed by atoms with Gasteiger partial charge in [-0.15, -0.1) is 0 Å².